The number of carbonyl (C=O) groups excluding carboxylic acids is 2. The SMILES string of the molecule is CCN(CC)Cc1ccc(C(=O)NNC(=O)c2cc(C)nc3c2nc2n3CCCCC2)o1. The highest BCUT2D eigenvalue weighted by Gasteiger charge is 2.21. The van der Waals surface area contributed by atoms with Crippen molar-refractivity contribution >= 4 is 23.0 Å². The van der Waals surface area contributed by atoms with Crippen LogP contribution in [-0.2, 0) is 19.5 Å². The number of aromatic nitrogens is 3. The molecule has 4 rings (SSSR count). The number of nitrogens with one attached hydrogen (secondary N) is 2. The highest BCUT2D eigenvalue weighted by molar-refractivity contribution is 6.05. The first kappa shape index (κ1) is 22.0. The van der Waals surface area contributed by atoms with Crippen LogP contribution in [0.4, 0.5) is 0 Å². The van der Waals surface area contributed by atoms with Crippen LogP contribution >= 0.6 is 0 Å². The van der Waals surface area contributed by atoms with Crippen molar-refractivity contribution in [1.82, 2.24) is 30.3 Å². The van der Waals surface area contributed by atoms with Crippen LogP contribution in [0.25, 0.3) is 11.2 Å². The number of hydrogen-bond acceptors (Lipinski definition) is 6. The average Bonchev–Trinajstić information content (AvgIpc) is 3.32. The maximum atomic E-state index is 12.9. The fourth-order valence-corrected chi connectivity index (χ4v) is 4.08. The summed E-state index contributed by atoms with van der Waals surface area (Å²) in [7, 11) is 0. The van der Waals surface area contributed by atoms with E-state index < -0.39 is 11.8 Å². The second-order valence-corrected chi connectivity index (χ2v) is 8.11. The van der Waals surface area contributed by atoms with E-state index in [2.05, 4.69) is 39.2 Å². The van der Waals surface area contributed by atoms with Gasteiger partial charge in [0, 0.05) is 18.7 Å². The van der Waals surface area contributed by atoms with Crippen LogP contribution in [0.1, 0.15) is 71.3 Å². The molecule has 3 aromatic heterocycles. The molecule has 0 saturated carbocycles. The third-order valence-electron chi connectivity index (χ3n) is 5.89. The van der Waals surface area contributed by atoms with Gasteiger partial charge in [-0.1, -0.05) is 20.3 Å². The van der Waals surface area contributed by atoms with Gasteiger partial charge in [0.2, 0.25) is 0 Å². The third kappa shape index (κ3) is 4.52. The molecule has 0 spiro atoms. The number of carbonyl (C=O) groups is 2. The van der Waals surface area contributed by atoms with Crippen LogP contribution in [-0.4, -0.2) is 44.3 Å². The van der Waals surface area contributed by atoms with Gasteiger partial charge in [-0.2, -0.15) is 0 Å². The molecule has 9 nitrogen and oxygen atoms in total. The summed E-state index contributed by atoms with van der Waals surface area (Å²) in [4.78, 5) is 36.9. The molecule has 2 amide bonds. The molecule has 32 heavy (non-hydrogen) atoms. The Morgan fingerprint density at radius 2 is 1.88 bits per heavy atom. The van der Waals surface area contributed by atoms with E-state index in [1.165, 1.54) is 6.42 Å². The molecule has 2 N–H and O–H groups in total. The summed E-state index contributed by atoms with van der Waals surface area (Å²) in [6.07, 6.45) is 4.20. The lowest BCUT2D eigenvalue weighted by molar-refractivity contribution is 0.0829. The van der Waals surface area contributed by atoms with Gasteiger partial charge in [-0.25, -0.2) is 9.97 Å². The second-order valence-electron chi connectivity index (χ2n) is 8.11. The third-order valence-corrected chi connectivity index (χ3v) is 5.89. The molecule has 0 atom stereocenters. The maximum absolute atomic E-state index is 12.9. The van der Waals surface area contributed by atoms with Crippen LogP contribution in [0, 0.1) is 6.92 Å². The molecular weight excluding hydrogens is 408 g/mol. The van der Waals surface area contributed by atoms with E-state index in [0.29, 0.717) is 23.4 Å². The predicted molar refractivity (Wildman–Crippen MR) is 120 cm³/mol. The lowest BCUT2D eigenvalue weighted by Crippen LogP contribution is -2.41. The summed E-state index contributed by atoms with van der Waals surface area (Å²) in [6.45, 7) is 9.28. The highest BCUT2D eigenvalue weighted by Crippen LogP contribution is 2.24. The Morgan fingerprint density at radius 3 is 2.66 bits per heavy atom. The van der Waals surface area contributed by atoms with E-state index in [1.54, 1.807) is 18.2 Å². The van der Waals surface area contributed by atoms with E-state index in [0.717, 1.165) is 56.1 Å². The average molecular weight is 439 g/mol. The molecule has 0 aliphatic carbocycles. The Balaban J connectivity index is 1.47. The minimum atomic E-state index is -0.508. The predicted octanol–water partition coefficient (Wildman–Crippen LogP) is 2.98. The van der Waals surface area contributed by atoms with Gasteiger partial charge in [-0.05, 0) is 51.1 Å². The Bertz CT molecular complexity index is 1130. The summed E-state index contributed by atoms with van der Waals surface area (Å²) in [5.41, 5.74) is 7.37. The Labute approximate surface area is 187 Å². The summed E-state index contributed by atoms with van der Waals surface area (Å²) in [5, 5.41) is 0. The van der Waals surface area contributed by atoms with Crippen LogP contribution < -0.4 is 10.9 Å². The van der Waals surface area contributed by atoms with Crippen LogP contribution in [0.2, 0.25) is 0 Å². The number of rotatable bonds is 6. The zero-order valence-corrected chi connectivity index (χ0v) is 18.9. The molecule has 3 aromatic rings. The van der Waals surface area contributed by atoms with Gasteiger partial charge in [0.15, 0.2) is 11.4 Å². The molecule has 0 bridgehead atoms. The van der Waals surface area contributed by atoms with Gasteiger partial charge < -0.3 is 8.98 Å². The molecule has 0 unspecified atom stereocenters. The van der Waals surface area contributed by atoms with Crippen LogP contribution in [0.3, 0.4) is 0 Å². The largest absolute Gasteiger partial charge is 0.454 e. The van der Waals surface area contributed by atoms with E-state index in [4.69, 9.17) is 9.40 Å². The van der Waals surface area contributed by atoms with E-state index in [1.807, 2.05) is 6.92 Å². The molecule has 0 saturated heterocycles. The molecular formula is C23H30N6O3. The summed E-state index contributed by atoms with van der Waals surface area (Å²) >= 11 is 0. The van der Waals surface area contributed by atoms with Gasteiger partial charge in [-0.3, -0.25) is 25.3 Å². The molecule has 0 aromatic carbocycles. The molecule has 170 valence electrons. The number of pyridine rings is 1. The van der Waals surface area contributed by atoms with Gasteiger partial charge >= 0.3 is 5.91 Å². The quantitative estimate of drug-likeness (QED) is 0.573. The van der Waals surface area contributed by atoms with E-state index in [-0.39, 0.29) is 5.76 Å². The first-order valence-electron chi connectivity index (χ1n) is 11.3. The Morgan fingerprint density at radius 1 is 1.09 bits per heavy atom. The zero-order chi connectivity index (χ0) is 22.7. The van der Waals surface area contributed by atoms with Crippen molar-refractivity contribution in [3.63, 3.8) is 0 Å². The lowest BCUT2D eigenvalue weighted by atomic mass is 10.2. The van der Waals surface area contributed by atoms with Gasteiger partial charge in [0.25, 0.3) is 5.91 Å². The number of furan rings is 1. The van der Waals surface area contributed by atoms with Gasteiger partial charge in [-0.15, -0.1) is 0 Å². The van der Waals surface area contributed by atoms with Crippen molar-refractivity contribution in [3.8, 4) is 0 Å². The summed E-state index contributed by atoms with van der Waals surface area (Å²) < 4.78 is 7.76. The summed E-state index contributed by atoms with van der Waals surface area (Å²) in [6, 6.07) is 5.09. The number of imidazole rings is 1. The first-order valence-corrected chi connectivity index (χ1v) is 11.3. The van der Waals surface area contributed by atoms with Crippen molar-refractivity contribution in [3.05, 3.63) is 46.8 Å². The minimum Gasteiger partial charge on any atom is -0.454 e. The molecule has 0 fully saturated rings. The number of hydrazine groups is 1. The van der Waals surface area contributed by atoms with Crippen molar-refractivity contribution in [2.75, 3.05) is 13.1 Å². The standard InChI is InChI=1S/C23H30N6O3/c1-4-28(5-2)14-16-10-11-18(32-16)23(31)27-26-22(30)17-13-15(3)24-21-20(17)25-19-9-7-6-8-12-29(19)21/h10-11,13H,4-9,12,14H2,1-3H3,(H,26,30)(H,27,31). The van der Waals surface area contributed by atoms with Gasteiger partial charge in [0.05, 0.1) is 12.1 Å². The maximum Gasteiger partial charge on any atom is 0.305 e. The van der Waals surface area contributed by atoms with Crippen LogP contribution in [0.5, 0.6) is 0 Å². The minimum absolute atomic E-state index is 0.150. The molecule has 1 aliphatic heterocycles. The number of amides is 2. The summed E-state index contributed by atoms with van der Waals surface area (Å²) in [5.74, 6) is 0.877. The number of nitrogens with zero attached hydrogens (tertiary/aromatic N) is 4. The Hall–Kier alpha value is -3.20. The lowest BCUT2D eigenvalue weighted by Gasteiger charge is -2.15. The Kier molecular flexibility index (Phi) is 6.55. The van der Waals surface area contributed by atoms with Crippen LogP contribution in [0.15, 0.2) is 22.6 Å². The number of hydrogen-bond donors (Lipinski definition) is 2. The monoisotopic (exact) mass is 438 g/mol. The fourth-order valence-electron chi connectivity index (χ4n) is 4.08. The highest BCUT2D eigenvalue weighted by atomic mass is 16.4. The smallest absolute Gasteiger partial charge is 0.305 e. The first-order chi connectivity index (χ1) is 15.5. The van der Waals surface area contributed by atoms with Crippen molar-refractivity contribution in [1.29, 1.82) is 0 Å². The second kappa shape index (κ2) is 9.52. The molecule has 4 heterocycles. The van der Waals surface area contributed by atoms with Crippen molar-refractivity contribution < 1.29 is 14.0 Å². The van der Waals surface area contributed by atoms with Crippen molar-refractivity contribution in [2.45, 2.75) is 59.5 Å². The number of fused-ring (bicyclic) bond motifs is 3. The van der Waals surface area contributed by atoms with E-state index in [9.17, 15) is 9.59 Å². The molecule has 1 aliphatic rings. The normalized spacial score (nSPS) is 13.8. The zero-order valence-electron chi connectivity index (χ0n) is 18.9. The fraction of sp³-hybridized carbons (Fsp3) is 0.478. The number of aryl methyl sites for hydroxylation is 3. The topological polar surface area (TPSA) is 105 Å². The van der Waals surface area contributed by atoms with Gasteiger partial charge in [0.1, 0.15) is 17.1 Å². The van der Waals surface area contributed by atoms with E-state index >= 15 is 0 Å². The molecule has 9 heteroatoms. The molecule has 0 radical (unpaired) electrons. The van der Waals surface area contributed by atoms with Crippen molar-refractivity contribution in [2.24, 2.45) is 0 Å².